The van der Waals surface area contributed by atoms with Crippen molar-refractivity contribution >= 4 is 0 Å². The lowest BCUT2D eigenvalue weighted by Crippen LogP contribution is -2.28. The molecule has 1 aliphatic rings. The van der Waals surface area contributed by atoms with Crippen LogP contribution in [0.1, 0.15) is 59.3 Å². The van der Waals surface area contributed by atoms with E-state index in [1.54, 1.807) is 0 Å². The van der Waals surface area contributed by atoms with E-state index in [0.717, 1.165) is 5.92 Å². The molecule has 1 rings (SSSR count). The first-order chi connectivity index (χ1) is 6.23. The summed E-state index contributed by atoms with van der Waals surface area (Å²) in [5, 5.41) is 0. The smallest absolute Gasteiger partial charge is 0.0182 e. The zero-order chi connectivity index (χ0) is 9.73. The molecule has 0 bridgehead atoms. The highest BCUT2D eigenvalue weighted by molar-refractivity contribution is 4.96. The minimum Gasteiger partial charge on any atom is -0.0914 e. The standard InChI is InChI=1S/C13H24/c1-4-9-12(5-2)13(3)10-7-6-8-11-13/h4,9,12H,5-8,10-11H2,1-3H3. The number of hydrogen-bond acceptors (Lipinski definition) is 0. The van der Waals surface area contributed by atoms with Gasteiger partial charge in [0.15, 0.2) is 0 Å². The maximum atomic E-state index is 2.49. The van der Waals surface area contributed by atoms with Gasteiger partial charge in [0.1, 0.15) is 0 Å². The Balaban J connectivity index is 2.62. The van der Waals surface area contributed by atoms with Crippen molar-refractivity contribution in [3.8, 4) is 0 Å². The van der Waals surface area contributed by atoms with Crippen molar-refractivity contribution in [1.82, 2.24) is 0 Å². The number of hydrogen-bond donors (Lipinski definition) is 0. The average Bonchev–Trinajstić information content (AvgIpc) is 2.15. The van der Waals surface area contributed by atoms with Gasteiger partial charge in [-0.2, -0.15) is 0 Å². The van der Waals surface area contributed by atoms with Crippen LogP contribution < -0.4 is 0 Å². The lowest BCUT2D eigenvalue weighted by Gasteiger charge is -2.39. The topological polar surface area (TPSA) is 0 Å². The van der Waals surface area contributed by atoms with E-state index in [0.29, 0.717) is 5.41 Å². The molecule has 1 saturated carbocycles. The molecule has 0 N–H and O–H groups in total. The van der Waals surface area contributed by atoms with Gasteiger partial charge in [0.2, 0.25) is 0 Å². The summed E-state index contributed by atoms with van der Waals surface area (Å²) < 4.78 is 0. The van der Waals surface area contributed by atoms with E-state index >= 15 is 0 Å². The molecular formula is C13H24. The summed E-state index contributed by atoms with van der Waals surface area (Å²) in [5.41, 5.74) is 0.611. The Morgan fingerprint density at radius 1 is 1.23 bits per heavy atom. The third-order valence-electron chi connectivity index (χ3n) is 3.76. The van der Waals surface area contributed by atoms with E-state index < -0.39 is 0 Å². The van der Waals surface area contributed by atoms with E-state index in [-0.39, 0.29) is 0 Å². The van der Waals surface area contributed by atoms with Crippen molar-refractivity contribution in [3.05, 3.63) is 12.2 Å². The van der Waals surface area contributed by atoms with Gasteiger partial charge >= 0.3 is 0 Å². The molecule has 76 valence electrons. The summed E-state index contributed by atoms with van der Waals surface area (Å²) in [6, 6.07) is 0. The van der Waals surface area contributed by atoms with Gasteiger partial charge in [-0.15, -0.1) is 0 Å². The number of allylic oxidation sites excluding steroid dienone is 2. The molecule has 0 aromatic carbocycles. The van der Waals surface area contributed by atoms with Gasteiger partial charge in [-0.3, -0.25) is 0 Å². The fourth-order valence-corrected chi connectivity index (χ4v) is 2.82. The van der Waals surface area contributed by atoms with Crippen LogP contribution in [-0.2, 0) is 0 Å². The van der Waals surface area contributed by atoms with Crippen molar-refractivity contribution < 1.29 is 0 Å². The van der Waals surface area contributed by atoms with Crippen LogP contribution in [0.2, 0.25) is 0 Å². The summed E-state index contributed by atoms with van der Waals surface area (Å²) >= 11 is 0. The Kier molecular flexibility index (Phi) is 4.02. The molecule has 0 heterocycles. The monoisotopic (exact) mass is 180 g/mol. The summed E-state index contributed by atoms with van der Waals surface area (Å²) in [7, 11) is 0. The molecular weight excluding hydrogens is 156 g/mol. The molecule has 0 aliphatic heterocycles. The van der Waals surface area contributed by atoms with Crippen LogP contribution in [0, 0.1) is 11.3 Å². The summed E-state index contributed by atoms with van der Waals surface area (Å²) in [5.74, 6) is 0.817. The first-order valence-electron chi connectivity index (χ1n) is 5.86. The van der Waals surface area contributed by atoms with Gasteiger partial charge in [-0.05, 0) is 37.5 Å². The average molecular weight is 180 g/mol. The molecule has 0 radical (unpaired) electrons. The summed E-state index contributed by atoms with van der Waals surface area (Å²) in [6.45, 7) is 6.96. The highest BCUT2D eigenvalue weighted by Gasteiger charge is 2.32. The van der Waals surface area contributed by atoms with E-state index in [1.165, 1.54) is 38.5 Å². The van der Waals surface area contributed by atoms with Crippen LogP contribution in [0.5, 0.6) is 0 Å². The molecule has 0 aromatic heterocycles. The SMILES string of the molecule is CC=CC(CC)C1(C)CCCCC1. The number of rotatable bonds is 3. The van der Waals surface area contributed by atoms with Crippen LogP contribution in [0.15, 0.2) is 12.2 Å². The van der Waals surface area contributed by atoms with Gasteiger partial charge in [-0.25, -0.2) is 0 Å². The minimum atomic E-state index is 0.611. The normalized spacial score (nSPS) is 24.8. The Morgan fingerprint density at radius 2 is 1.85 bits per heavy atom. The maximum absolute atomic E-state index is 2.49. The van der Waals surface area contributed by atoms with Gasteiger partial charge in [-0.1, -0.05) is 45.3 Å². The molecule has 0 spiro atoms. The van der Waals surface area contributed by atoms with E-state index in [4.69, 9.17) is 0 Å². The second-order valence-corrected chi connectivity index (χ2v) is 4.76. The fourth-order valence-electron chi connectivity index (χ4n) is 2.82. The largest absolute Gasteiger partial charge is 0.0914 e. The van der Waals surface area contributed by atoms with Crippen LogP contribution in [0.4, 0.5) is 0 Å². The molecule has 1 atom stereocenters. The first kappa shape index (κ1) is 10.8. The van der Waals surface area contributed by atoms with Gasteiger partial charge in [0.05, 0.1) is 0 Å². The van der Waals surface area contributed by atoms with Gasteiger partial charge in [0, 0.05) is 0 Å². The molecule has 1 aliphatic carbocycles. The quantitative estimate of drug-likeness (QED) is 0.558. The molecule has 0 heteroatoms. The lowest BCUT2D eigenvalue weighted by molar-refractivity contribution is 0.146. The van der Waals surface area contributed by atoms with Crippen molar-refractivity contribution in [2.24, 2.45) is 11.3 Å². The van der Waals surface area contributed by atoms with E-state index in [9.17, 15) is 0 Å². The lowest BCUT2D eigenvalue weighted by atomic mass is 9.66. The fraction of sp³-hybridized carbons (Fsp3) is 0.846. The molecule has 0 nitrogen and oxygen atoms in total. The van der Waals surface area contributed by atoms with Crippen molar-refractivity contribution in [2.75, 3.05) is 0 Å². The van der Waals surface area contributed by atoms with Crippen molar-refractivity contribution in [3.63, 3.8) is 0 Å². The van der Waals surface area contributed by atoms with Gasteiger partial charge < -0.3 is 0 Å². The molecule has 0 saturated heterocycles. The Labute approximate surface area is 83.4 Å². The summed E-state index contributed by atoms with van der Waals surface area (Å²) in [6.07, 6.45) is 13.2. The predicted molar refractivity (Wildman–Crippen MR) is 59.8 cm³/mol. The Hall–Kier alpha value is -0.260. The first-order valence-corrected chi connectivity index (χ1v) is 5.86. The second-order valence-electron chi connectivity index (χ2n) is 4.76. The molecule has 0 amide bonds. The Bertz CT molecular complexity index is 161. The minimum absolute atomic E-state index is 0.611. The maximum Gasteiger partial charge on any atom is -0.0182 e. The molecule has 1 fully saturated rings. The summed E-state index contributed by atoms with van der Waals surface area (Å²) in [4.78, 5) is 0. The third kappa shape index (κ3) is 2.59. The van der Waals surface area contributed by atoms with Crippen LogP contribution in [-0.4, -0.2) is 0 Å². The zero-order valence-corrected chi connectivity index (χ0v) is 9.47. The van der Waals surface area contributed by atoms with E-state index in [2.05, 4.69) is 32.9 Å². The van der Waals surface area contributed by atoms with Crippen LogP contribution in [0.3, 0.4) is 0 Å². The van der Waals surface area contributed by atoms with Crippen molar-refractivity contribution in [2.45, 2.75) is 59.3 Å². The molecule has 13 heavy (non-hydrogen) atoms. The second kappa shape index (κ2) is 4.83. The highest BCUT2D eigenvalue weighted by Crippen LogP contribution is 2.44. The third-order valence-corrected chi connectivity index (χ3v) is 3.76. The van der Waals surface area contributed by atoms with E-state index in [1.807, 2.05) is 0 Å². The Morgan fingerprint density at radius 3 is 2.31 bits per heavy atom. The van der Waals surface area contributed by atoms with Gasteiger partial charge in [0.25, 0.3) is 0 Å². The molecule has 1 unspecified atom stereocenters. The predicted octanol–water partition coefficient (Wildman–Crippen LogP) is 4.56. The van der Waals surface area contributed by atoms with Crippen LogP contribution >= 0.6 is 0 Å². The zero-order valence-electron chi connectivity index (χ0n) is 9.47. The highest BCUT2D eigenvalue weighted by atomic mass is 14.4. The van der Waals surface area contributed by atoms with Crippen LogP contribution in [0.25, 0.3) is 0 Å². The molecule has 0 aromatic rings. The van der Waals surface area contributed by atoms with Crippen molar-refractivity contribution in [1.29, 1.82) is 0 Å².